The Kier molecular flexibility index (Phi) is 7.50. The highest BCUT2D eigenvalue weighted by Crippen LogP contribution is 2.32. The molecule has 2 heterocycles. The van der Waals surface area contributed by atoms with Gasteiger partial charge in [-0.2, -0.15) is 13.2 Å². The van der Waals surface area contributed by atoms with Gasteiger partial charge >= 0.3 is 6.18 Å². The molecule has 0 spiro atoms. The molecule has 13 heteroatoms. The molecule has 0 saturated carbocycles. The van der Waals surface area contributed by atoms with Crippen molar-refractivity contribution in [2.75, 3.05) is 5.32 Å². The van der Waals surface area contributed by atoms with E-state index in [4.69, 9.17) is 0 Å². The zero-order valence-corrected chi connectivity index (χ0v) is 21.7. The van der Waals surface area contributed by atoms with E-state index in [-0.39, 0.29) is 48.3 Å². The summed E-state index contributed by atoms with van der Waals surface area (Å²) in [7, 11) is 0. The number of hydrogen-bond acceptors (Lipinski definition) is 6. The minimum absolute atomic E-state index is 0.0192. The van der Waals surface area contributed by atoms with E-state index in [1.54, 1.807) is 24.3 Å². The smallest absolute Gasteiger partial charge is 0.379 e. The molecule has 1 saturated heterocycles. The van der Waals surface area contributed by atoms with Crippen LogP contribution in [0.2, 0.25) is 0 Å². The first-order chi connectivity index (χ1) is 19.9. The molecule has 3 N–H and O–H groups in total. The van der Waals surface area contributed by atoms with Gasteiger partial charge in [-0.3, -0.25) is 34.2 Å². The fourth-order valence-corrected chi connectivity index (χ4v) is 4.72. The number of anilines is 1. The maximum atomic E-state index is 14.8. The highest BCUT2D eigenvalue weighted by atomic mass is 19.4. The zero-order valence-electron chi connectivity index (χ0n) is 21.7. The molecule has 216 valence electrons. The maximum absolute atomic E-state index is 14.8. The molecule has 2 aliphatic heterocycles. The number of alkyl halides is 3. The zero-order chi connectivity index (χ0) is 30.2. The highest BCUT2D eigenvalue weighted by molar-refractivity contribution is 6.23. The van der Waals surface area contributed by atoms with E-state index in [0.717, 1.165) is 29.2 Å². The number of rotatable bonds is 7. The lowest BCUT2D eigenvalue weighted by Crippen LogP contribution is -2.54. The van der Waals surface area contributed by atoms with Gasteiger partial charge in [0.2, 0.25) is 11.8 Å². The first-order valence-corrected chi connectivity index (χ1v) is 12.7. The van der Waals surface area contributed by atoms with Gasteiger partial charge in [0, 0.05) is 25.1 Å². The minimum atomic E-state index is -4.56. The van der Waals surface area contributed by atoms with Crippen LogP contribution in [0.5, 0.6) is 0 Å². The number of hydrogen-bond donors (Lipinski definition) is 3. The van der Waals surface area contributed by atoms with Crippen molar-refractivity contribution in [3.8, 4) is 0 Å². The topological polar surface area (TPSA) is 125 Å². The van der Waals surface area contributed by atoms with Crippen LogP contribution in [0.15, 0.2) is 60.7 Å². The van der Waals surface area contributed by atoms with Crippen LogP contribution in [0.25, 0.3) is 0 Å². The van der Waals surface area contributed by atoms with Gasteiger partial charge in [0.1, 0.15) is 11.9 Å². The maximum Gasteiger partial charge on any atom is 0.416 e. The molecule has 1 fully saturated rings. The molecule has 3 aromatic rings. The van der Waals surface area contributed by atoms with Gasteiger partial charge in [0.05, 0.1) is 22.4 Å². The average molecular weight is 583 g/mol. The van der Waals surface area contributed by atoms with Gasteiger partial charge in [-0.15, -0.1) is 0 Å². The minimum Gasteiger partial charge on any atom is -0.379 e. The Labute approximate surface area is 235 Å². The Hall–Kier alpha value is -5.07. The molecule has 0 radical (unpaired) electrons. The van der Waals surface area contributed by atoms with Crippen molar-refractivity contribution >= 4 is 35.2 Å². The van der Waals surface area contributed by atoms with Crippen LogP contribution in [0.3, 0.4) is 0 Å². The van der Waals surface area contributed by atoms with Crippen molar-refractivity contribution in [2.45, 2.75) is 38.1 Å². The monoisotopic (exact) mass is 582 g/mol. The highest BCUT2D eigenvalue weighted by Gasteiger charge is 2.45. The number of piperidine rings is 1. The van der Waals surface area contributed by atoms with Crippen LogP contribution in [-0.2, 0) is 28.9 Å². The normalized spacial score (nSPS) is 16.8. The largest absolute Gasteiger partial charge is 0.416 e. The van der Waals surface area contributed by atoms with E-state index >= 15 is 0 Å². The van der Waals surface area contributed by atoms with E-state index in [1.165, 1.54) is 12.1 Å². The Bertz CT molecular complexity index is 1620. The fourth-order valence-electron chi connectivity index (χ4n) is 4.72. The SMILES string of the molecule is O=C1CCC(N2C(=O)c3cc(F)c(NCc4ccc(CNC(=O)c5cccc(C(F)(F)F)c5)cc4)cc3C2=O)C(=O)N1. The van der Waals surface area contributed by atoms with E-state index in [0.29, 0.717) is 11.1 Å². The third-order valence-corrected chi connectivity index (χ3v) is 6.94. The summed E-state index contributed by atoms with van der Waals surface area (Å²) in [4.78, 5) is 62.5. The summed E-state index contributed by atoms with van der Waals surface area (Å²) in [5.41, 5.74) is 0.0369. The second kappa shape index (κ2) is 11.1. The van der Waals surface area contributed by atoms with Crippen molar-refractivity contribution in [2.24, 2.45) is 0 Å². The first-order valence-electron chi connectivity index (χ1n) is 12.7. The third kappa shape index (κ3) is 5.71. The number of halogens is 4. The fraction of sp³-hybridized carbons (Fsp3) is 0.207. The summed E-state index contributed by atoms with van der Waals surface area (Å²) in [6.07, 6.45) is -4.62. The molecular formula is C29H22F4N4O5. The molecule has 5 amide bonds. The number of nitrogens with zero attached hydrogens (tertiary/aromatic N) is 1. The summed E-state index contributed by atoms with van der Waals surface area (Å²) in [6.45, 7) is 0.188. The molecule has 0 aliphatic carbocycles. The number of carbonyl (C=O) groups excluding carboxylic acids is 5. The van der Waals surface area contributed by atoms with Crippen LogP contribution in [0, 0.1) is 5.82 Å². The quantitative estimate of drug-likeness (QED) is 0.288. The van der Waals surface area contributed by atoms with E-state index < -0.39 is 53.1 Å². The second-order valence-corrected chi connectivity index (χ2v) is 9.76. The number of imide groups is 2. The van der Waals surface area contributed by atoms with E-state index in [1.807, 2.05) is 0 Å². The van der Waals surface area contributed by atoms with Gasteiger partial charge < -0.3 is 10.6 Å². The van der Waals surface area contributed by atoms with Crippen molar-refractivity contribution < 1.29 is 41.5 Å². The standard InChI is InChI=1S/C29H22F4N4O5/c30-21-11-19-20(28(42)37(27(19)41)23-8-9-24(38)36-26(23)40)12-22(21)34-13-15-4-6-16(7-5-15)14-35-25(39)17-2-1-3-18(10-17)29(31,32)33/h1-7,10-12,23,34H,8-9,13-14H2,(H,35,39)(H,36,38,40). The summed E-state index contributed by atoms with van der Waals surface area (Å²) in [6, 6.07) is 11.8. The molecule has 1 atom stereocenters. The number of benzene rings is 3. The number of carbonyl (C=O) groups is 5. The summed E-state index contributed by atoms with van der Waals surface area (Å²) in [5, 5.41) is 7.53. The number of fused-ring (bicyclic) bond motifs is 1. The predicted molar refractivity (Wildman–Crippen MR) is 139 cm³/mol. The Balaban J connectivity index is 1.20. The Morgan fingerprint density at radius 1 is 0.905 bits per heavy atom. The predicted octanol–water partition coefficient (Wildman–Crippen LogP) is 3.79. The van der Waals surface area contributed by atoms with Crippen molar-refractivity contribution in [1.82, 2.24) is 15.5 Å². The number of nitrogens with one attached hydrogen (secondary N) is 3. The van der Waals surface area contributed by atoms with Gasteiger partial charge in [0.25, 0.3) is 17.7 Å². The van der Waals surface area contributed by atoms with Gasteiger partial charge in [-0.1, -0.05) is 30.3 Å². The van der Waals surface area contributed by atoms with E-state index in [9.17, 15) is 41.5 Å². The third-order valence-electron chi connectivity index (χ3n) is 6.94. The van der Waals surface area contributed by atoms with Crippen molar-refractivity contribution in [3.63, 3.8) is 0 Å². The van der Waals surface area contributed by atoms with Gasteiger partial charge in [0.15, 0.2) is 0 Å². The molecule has 2 aliphatic rings. The second-order valence-electron chi connectivity index (χ2n) is 9.76. The lowest BCUT2D eigenvalue weighted by molar-refractivity contribution is -0.138. The Morgan fingerprint density at radius 3 is 2.19 bits per heavy atom. The van der Waals surface area contributed by atoms with Crippen LogP contribution in [0.1, 0.15) is 60.6 Å². The van der Waals surface area contributed by atoms with Crippen molar-refractivity contribution in [1.29, 1.82) is 0 Å². The van der Waals surface area contributed by atoms with Crippen LogP contribution in [-0.4, -0.2) is 40.5 Å². The summed E-state index contributed by atoms with van der Waals surface area (Å²) < 4.78 is 53.6. The van der Waals surface area contributed by atoms with Crippen molar-refractivity contribution in [3.05, 3.63) is 99.9 Å². The molecule has 5 rings (SSSR count). The van der Waals surface area contributed by atoms with Crippen LogP contribution >= 0.6 is 0 Å². The average Bonchev–Trinajstić information content (AvgIpc) is 3.19. The lowest BCUT2D eigenvalue weighted by Gasteiger charge is -2.27. The summed E-state index contributed by atoms with van der Waals surface area (Å²) in [5.74, 6) is -4.29. The number of amides is 5. The molecule has 0 bridgehead atoms. The molecule has 9 nitrogen and oxygen atoms in total. The first kappa shape index (κ1) is 28.5. The molecule has 0 aromatic heterocycles. The Morgan fingerprint density at radius 2 is 1.55 bits per heavy atom. The molecular weight excluding hydrogens is 560 g/mol. The van der Waals surface area contributed by atoms with Crippen LogP contribution < -0.4 is 16.0 Å². The van der Waals surface area contributed by atoms with Crippen LogP contribution in [0.4, 0.5) is 23.2 Å². The lowest BCUT2D eigenvalue weighted by atomic mass is 10.0. The summed E-state index contributed by atoms with van der Waals surface area (Å²) >= 11 is 0. The van der Waals surface area contributed by atoms with Gasteiger partial charge in [-0.25, -0.2) is 4.39 Å². The molecule has 42 heavy (non-hydrogen) atoms. The molecule has 3 aromatic carbocycles. The van der Waals surface area contributed by atoms with E-state index in [2.05, 4.69) is 16.0 Å². The van der Waals surface area contributed by atoms with Gasteiger partial charge in [-0.05, 0) is 47.9 Å². The molecule has 1 unspecified atom stereocenters.